The van der Waals surface area contributed by atoms with Crippen LogP contribution in [-0.4, -0.2) is 0 Å². The van der Waals surface area contributed by atoms with E-state index in [0.29, 0.717) is 0 Å². The third kappa shape index (κ3) is 20.3. The standard InChI is InChI=1S/C71H79N.C67H71N/c1-66(2,3)54-36-50(35-51(37-54)53-40-57(69(10,11)12)44-58(41-53)70(13,14)15)48-23-20-22-47(34-48)49-24-21-25-60(42-49)72(61-32-33-63-62-26-18-19-27-64(62)71(16,17)65(63)45-61)59-30-28-46(29-31-59)52-38-55(67(4,5)6)43-56(39-52)68(7,8)9;1-63(2,3)51-26-20-25-47(36-51)57-28-16-18-31-62(57)68(56-32-33-59-58-29-15-17-30-60(58)67(13,14)61(59)43-56)55-27-21-24-46(41-55)44-22-19-23-45(34-44)48-35-49(38-52(37-48)64(4,5)6)50-39-53(65(7,8)9)42-54(40-50)66(10,11)12/h18-45H,1-17H3;15-43H,1-14H3. The summed E-state index contributed by atoms with van der Waals surface area (Å²) in [5.41, 5.74) is 49.3. The number of anilines is 6. The Hall–Kier alpha value is -12.9. The van der Waals surface area contributed by atoms with Crippen molar-refractivity contribution >= 4 is 34.1 Å². The van der Waals surface area contributed by atoms with E-state index in [0.717, 1.165) is 34.1 Å². The summed E-state index contributed by atoms with van der Waals surface area (Å²) in [6, 6.07) is 132. The van der Waals surface area contributed by atoms with E-state index in [-0.39, 0.29) is 59.6 Å². The van der Waals surface area contributed by atoms with Crippen molar-refractivity contribution in [3.05, 3.63) is 418 Å². The van der Waals surface area contributed by atoms with Crippen LogP contribution >= 0.6 is 0 Å². The quantitative estimate of drug-likeness (QED) is 0.107. The average molecular weight is 1840 g/mol. The third-order valence-corrected chi connectivity index (χ3v) is 29.8. The van der Waals surface area contributed by atoms with E-state index < -0.39 is 0 Å². The van der Waals surface area contributed by atoms with Crippen LogP contribution in [0.3, 0.4) is 0 Å². The van der Waals surface area contributed by atoms with Crippen molar-refractivity contribution in [1.82, 2.24) is 0 Å². The van der Waals surface area contributed by atoms with Gasteiger partial charge in [0.1, 0.15) is 0 Å². The SMILES string of the molecule is CC(C)(C)c1cc(-c2cccc(-c3cccc(N(c4ccc(-c5cc(C(C)(C)C)cc(C(C)(C)C)c5)cc4)c4ccc5c(c4)C(C)(C)c4ccccc4-5)c3)c2)cc(-c2cc(C(C)(C)C)cc(C(C)(C)C)c2)c1.CC(C)(C)c1cc(-c2cccc(-c3cccc(N(c4ccc5c(c4)C(C)(C)c4ccccc4-5)c4ccccc4-c4cccc(C(C)(C)C)c4)c3)c2)cc(-c2cc(C(C)(C)C)cc(C(C)(C)C)c2)c1. The van der Waals surface area contributed by atoms with E-state index in [2.05, 4.69) is 570 Å². The van der Waals surface area contributed by atoms with Crippen LogP contribution in [0.5, 0.6) is 0 Å². The Morgan fingerprint density at radius 1 is 0.143 bits per heavy atom. The molecule has 0 amide bonds. The molecule has 16 aromatic carbocycles. The molecule has 2 heteroatoms. The minimum Gasteiger partial charge on any atom is -0.310 e. The van der Waals surface area contributed by atoms with Crippen LogP contribution in [0.15, 0.2) is 346 Å². The number of rotatable bonds is 14. The van der Waals surface area contributed by atoms with Gasteiger partial charge in [-0.15, -0.1) is 0 Å². The first kappa shape index (κ1) is 98.7. The summed E-state index contributed by atoms with van der Waals surface area (Å²) < 4.78 is 0. The predicted molar refractivity (Wildman–Crippen MR) is 609 cm³/mol. The second-order valence-electron chi connectivity index (χ2n) is 50.6. The molecule has 0 radical (unpaired) electrons. The first-order valence-electron chi connectivity index (χ1n) is 51.1. The van der Waals surface area contributed by atoms with Gasteiger partial charge in [-0.3, -0.25) is 0 Å². The van der Waals surface area contributed by atoms with Gasteiger partial charge in [0.2, 0.25) is 0 Å². The number of hydrogen-bond acceptors (Lipinski definition) is 2. The summed E-state index contributed by atoms with van der Waals surface area (Å²) in [4.78, 5) is 4.95. The molecule has 140 heavy (non-hydrogen) atoms. The fraction of sp³-hybridized carbons (Fsp3) is 0.304. The number of para-hydroxylation sites is 1. The number of nitrogens with zero attached hydrogens (tertiary/aromatic N) is 2. The van der Waals surface area contributed by atoms with Gasteiger partial charge in [-0.05, 0) is 318 Å². The molecule has 0 bridgehead atoms. The van der Waals surface area contributed by atoms with Crippen LogP contribution < -0.4 is 9.80 Å². The van der Waals surface area contributed by atoms with E-state index in [1.165, 1.54) is 184 Å². The second kappa shape index (κ2) is 36.3. The molecule has 0 saturated carbocycles. The van der Waals surface area contributed by atoms with Crippen LogP contribution in [0.25, 0.3) is 111 Å². The molecular formula is C138H150N2. The van der Waals surface area contributed by atoms with Gasteiger partial charge in [-0.25, -0.2) is 0 Å². The van der Waals surface area contributed by atoms with Gasteiger partial charge in [0.15, 0.2) is 0 Å². The highest BCUT2D eigenvalue weighted by molar-refractivity contribution is 5.94. The lowest BCUT2D eigenvalue weighted by molar-refractivity contribution is 0.568. The summed E-state index contributed by atoms with van der Waals surface area (Å²) >= 11 is 0. The topological polar surface area (TPSA) is 6.48 Å². The molecule has 2 aliphatic carbocycles. The Morgan fingerprint density at radius 2 is 0.379 bits per heavy atom. The zero-order chi connectivity index (χ0) is 100. The van der Waals surface area contributed by atoms with Gasteiger partial charge < -0.3 is 9.80 Å². The normalized spacial score (nSPS) is 13.7. The predicted octanol–water partition coefficient (Wildman–Crippen LogP) is 39.9. The Balaban J connectivity index is 0.000000193. The van der Waals surface area contributed by atoms with E-state index >= 15 is 0 Å². The molecule has 2 aliphatic rings. The maximum absolute atomic E-state index is 2.49. The minimum atomic E-state index is -0.134. The van der Waals surface area contributed by atoms with Crippen LogP contribution in [0.1, 0.15) is 287 Å². The lowest BCUT2D eigenvalue weighted by atomic mass is 9.78. The number of fused-ring (bicyclic) bond motifs is 6. The van der Waals surface area contributed by atoms with E-state index in [1.807, 2.05) is 0 Å². The Bertz CT molecular complexity index is 7290. The Labute approximate surface area is 841 Å². The van der Waals surface area contributed by atoms with Gasteiger partial charge >= 0.3 is 0 Å². The van der Waals surface area contributed by atoms with Crippen LogP contribution in [0.2, 0.25) is 0 Å². The van der Waals surface area contributed by atoms with Gasteiger partial charge in [-0.2, -0.15) is 0 Å². The van der Waals surface area contributed by atoms with Gasteiger partial charge in [0.05, 0.1) is 5.69 Å². The van der Waals surface area contributed by atoms with E-state index in [4.69, 9.17) is 0 Å². The Kier molecular flexibility index (Phi) is 25.6. The molecule has 16 aromatic rings. The molecule has 0 heterocycles. The van der Waals surface area contributed by atoms with Crippen molar-refractivity contribution in [2.45, 2.75) is 274 Å². The highest BCUT2D eigenvalue weighted by Gasteiger charge is 2.39. The number of benzene rings is 16. The highest BCUT2D eigenvalue weighted by Crippen LogP contribution is 2.55. The summed E-state index contributed by atoms with van der Waals surface area (Å²) in [7, 11) is 0. The zero-order valence-electron chi connectivity index (χ0n) is 89.8. The van der Waals surface area contributed by atoms with Crippen molar-refractivity contribution in [2.24, 2.45) is 0 Å². The second-order valence-corrected chi connectivity index (χ2v) is 50.6. The lowest BCUT2D eigenvalue weighted by Gasteiger charge is -2.30. The summed E-state index contributed by atoms with van der Waals surface area (Å²) in [6.45, 7) is 72.2. The molecular weight excluding hydrogens is 1690 g/mol. The smallest absolute Gasteiger partial charge is 0.0540 e. The first-order valence-corrected chi connectivity index (χ1v) is 51.1. The zero-order valence-corrected chi connectivity index (χ0v) is 89.8. The highest BCUT2D eigenvalue weighted by atomic mass is 15.2. The van der Waals surface area contributed by atoms with Crippen molar-refractivity contribution in [3.8, 4) is 111 Å². The fourth-order valence-electron chi connectivity index (χ4n) is 20.6. The Morgan fingerprint density at radius 3 is 0.743 bits per heavy atom. The molecule has 0 fully saturated rings. The number of hydrogen-bond donors (Lipinski definition) is 0. The molecule has 0 aromatic heterocycles. The molecule has 0 spiro atoms. The van der Waals surface area contributed by atoms with Crippen molar-refractivity contribution in [1.29, 1.82) is 0 Å². The molecule has 712 valence electrons. The van der Waals surface area contributed by atoms with Crippen molar-refractivity contribution < 1.29 is 0 Å². The molecule has 0 atom stereocenters. The van der Waals surface area contributed by atoms with Gasteiger partial charge in [0, 0.05) is 44.8 Å². The molecule has 18 rings (SSSR count). The summed E-state index contributed by atoms with van der Waals surface area (Å²) in [5, 5.41) is 0. The van der Waals surface area contributed by atoms with Crippen LogP contribution in [0.4, 0.5) is 34.1 Å². The molecule has 0 N–H and O–H groups in total. The average Bonchev–Trinajstić information content (AvgIpc) is 1.57. The molecule has 0 saturated heterocycles. The molecule has 0 unspecified atom stereocenters. The van der Waals surface area contributed by atoms with Gasteiger partial charge in [0.25, 0.3) is 0 Å². The monoisotopic (exact) mass is 1840 g/mol. The van der Waals surface area contributed by atoms with Crippen LogP contribution in [-0.2, 0) is 59.6 Å². The van der Waals surface area contributed by atoms with Crippen LogP contribution in [0, 0.1) is 0 Å². The van der Waals surface area contributed by atoms with Gasteiger partial charge in [-0.1, -0.05) is 469 Å². The maximum Gasteiger partial charge on any atom is 0.0540 e. The summed E-state index contributed by atoms with van der Waals surface area (Å²) in [5.74, 6) is 0. The van der Waals surface area contributed by atoms with E-state index in [9.17, 15) is 0 Å². The lowest BCUT2D eigenvalue weighted by Crippen LogP contribution is -2.17. The largest absolute Gasteiger partial charge is 0.310 e. The first-order chi connectivity index (χ1) is 65.5. The van der Waals surface area contributed by atoms with Crippen molar-refractivity contribution in [2.75, 3.05) is 9.80 Å². The molecule has 2 nitrogen and oxygen atoms in total. The van der Waals surface area contributed by atoms with Crippen molar-refractivity contribution in [3.63, 3.8) is 0 Å². The fourth-order valence-corrected chi connectivity index (χ4v) is 20.6. The minimum absolute atomic E-state index is 0.0246. The molecule has 0 aliphatic heterocycles. The summed E-state index contributed by atoms with van der Waals surface area (Å²) in [6.07, 6.45) is 0. The van der Waals surface area contributed by atoms with E-state index in [1.54, 1.807) is 0 Å². The third-order valence-electron chi connectivity index (χ3n) is 29.8. The maximum atomic E-state index is 2.49.